The number of nitrogens with zero attached hydrogens (tertiary/aromatic N) is 1. The zero-order valence-electron chi connectivity index (χ0n) is 27.0. The average Bonchev–Trinajstić information content (AvgIpc) is 2.94. The van der Waals surface area contributed by atoms with E-state index in [2.05, 4.69) is 36.2 Å². The lowest BCUT2D eigenvalue weighted by molar-refractivity contribution is 0.482. The van der Waals surface area contributed by atoms with Gasteiger partial charge in [-0.1, -0.05) is 187 Å². The lowest BCUT2D eigenvalue weighted by Gasteiger charge is -2.11. The second-order valence-corrected chi connectivity index (χ2v) is 12.5. The maximum atomic E-state index is 4.93. The number of hydrogen-bond acceptors (Lipinski definition) is 2. The van der Waals surface area contributed by atoms with Gasteiger partial charge in [0.05, 0.1) is 11.2 Å². The van der Waals surface area contributed by atoms with Gasteiger partial charge in [0.15, 0.2) is 0 Å². The number of thiocarbonyl (C=S) groups is 1. The van der Waals surface area contributed by atoms with Gasteiger partial charge in [-0.25, -0.2) is 4.99 Å². The zero-order chi connectivity index (χ0) is 28.3. The Labute approximate surface area is 252 Å². The highest BCUT2D eigenvalue weighted by atomic mass is 32.1. The van der Waals surface area contributed by atoms with Crippen molar-refractivity contribution in [2.24, 2.45) is 4.99 Å². The van der Waals surface area contributed by atoms with Crippen LogP contribution in [-0.4, -0.2) is 11.2 Å². The molecule has 0 aliphatic rings. The molecule has 0 aromatic heterocycles. The van der Waals surface area contributed by atoms with Gasteiger partial charge < -0.3 is 0 Å². The highest BCUT2D eigenvalue weighted by Crippen LogP contribution is 2.18. The molecule has 1 atom stereocenters. The molecule has 230 valence electrons. The van der Waals surface area contributed by atoms with E-state index in [9.17, 15) is 0 Å². The van der Waals surface area contributed by atoms with E-state index in [4.69, 9.17) is 12.2 Å². The summed E-state index contributed by atoms with van der Waals surface area (Å²) in [6.45, 7) is 4.59. The number of aliphatic imine (C=N–C) groups is 1. The topological polar surface area (TPSA) is 12.4 Å². The van der Waals surface area contributed by atoms with Crippen LogP contribution in [0.2, 0.25) is 0 Å². The summed E-state index contributed by atoms with van der Waals surface area (Å²) in [5.74, 6) is 0. The Morgan fingerprint density at radius 2 is 0.718 bits per heavy atom. The Hall–Kier alpha value is -0.460. The Morgan fingerprint density at radius 1 is 0.436 bits per heavy atom. The van der Waals surface area contributed by atoms with Crippen LogP contribution in [-0.2, 0) is 0 Å². The molecule has 0 amide bonds. The lowest BCUT2D eigenvalue weighted by Crippen LogP contribution is -2.04. The second-order valence-electron chi connectivity index (χ2n) is 12.3. The van der Waals surface area contributed by atoms with Crippen LogP contribution in [0.15, 0.2) is 17.1 Å². The van der Waals surface area contributed by atoms with Gasteiger partial charge in [0.1, 0.15) is 0 Å². The summed E-state index contributed by atoms with van der Waals surface area (Å²) in [4.78, 5) is 4.49. The number of unbranched alkanes of at least 4 members (excludes halogenated alkanes) is 26. The van der Waals surface area contributed by atoms with Crippen molar-refractivity contribution in [2.75, 3.05) is 0 Å². The van der Waals surface area contributed by atoms with E-state index in [0.717, 1.165) is 0 Å². The van der Waals surface area contributed by atoms with Crippen molar-refractivity contribution < 1.29 is 0 Å². The van der Waals surface area contributed by atoms with Crippen LogP contribution < -0.4 is 0 Å². The maximum Gasteiger partial charge on any atom is 0.0602 e. The van der Waals surface area contributed by atoms with Gasteiger partial charge in [0, 0.05) is 0 Å². The molecular formula is C37H71NS. The van der Waals surface area contributed by atoms with Gasteiger partial charge in [-0.3, -0.25) is 0 Å². The number of allylic oxidation sites excluding steroid dienone is 2. The van der Waals surface area contributed by atoms with E-state index >= 15 is 0 Å². The minimum Gasteiger partial charge on any atom is -0.229 e. The molecule has 0 aromatic carbocycles. The summed E-state index contributed by atoms with van der Waals surface area (Å²) in [6.07, 6.45) is 47.9. The summed E-state index contributed by atoms with van der Waals surface area (Å²) >= 11 is 4.93. The largest absolute Gasteiger partial charge is 0.229 e. The monoisotopic (exact) mass is 562 g/mol. The second kappa shape index (κ2) is 35.6. The first kappa shape index (κ1) is 38.5. The van der Waals surface area contributed by atoms with Crippen molar-refractivity contribution in [3.05, 3.63) is 12.2 Å². The van der Waals surface area contributed by atoms with Gasteiger partial charge in [0.25, 0.3) is 0 Å². The smallest absolute Gasteiger partial charge is 0.0602 e. The molecule has 0 aromatic rings. The fraction of sp³-hybridized carbons (Fsp3) is 0.919. The summed E-state index contributed by atoms with van der Waals surface area (Å²) in [5.41, 5.74) is 0. The third kappa shape index (κ3) is 33.6. The Kier molecular flexibility index (Phi) is 35.1. The molecule has 0 radical (unpaired) electrons. The molecule has 0 aliphatic carbocycles. The number of hydrogen-bond donors (Lipinski definition) is 0. The molecule has 1 nitrogen and oxygen atoms in total. The first-order valence-corrected chi connectivity index (χ1v) is 18.5. The van der Waals surface area contributed by atoms with E-state index in [1.807, 2.05) is 0 Å². The molecule has 1 unspecified atom stereocenters. The standard InChI is InChI=1S/C37H71NS/c1-3-5-7-9-11-13-15-17-19-21-23-25-27-29-31-33-35-37(38-36-39)34-32-30-28-26-24-22-20-18-16-14-12-10-8-6-4-2/h17,19,37H,3-16,18,20-35H2,1-2H3. The highest BCUT2D eigenvalue weighted by molar-refractivity contribution is 7.78. The molecule has 0 saturated carbocycles. The van der Waals surface area contributed by atoms with E-state index in [0.29, 0.717) is 6.04 Å². The molecule has 39 heavy (non-hydrogen) atoms. The van der Waals surface area contributed by atoms with Crippen molar-refractivity contribution in [3.63, 3.8) is 0 Å². The Balaban J connectivity index is 3.42. The molecule has 0 heterocycles. The minimum absolute atomic E-state index is 0.432. The SMILES string of the molecule is CCCCCCCCC=CCCCCCCCCC(CCCCCCCCCCCCCCCCC)N=C=S. The van der Waals surface area contributed by atoms with Crippen LogP contribution in [0.1, 0.15) is 213 Å². The van der Waals surface area contributed by atoms with Crippen molar-refractivity contribution in [3.8, 4) is 0 Å². The van der Waals surface area contributed by atoms with Gasteiger partial charge in [-0.15, -0.1) is 0 Å². The maximum absolute atomic E-state index is 4.93. The Morgan fingerprint density at radius 3 is 1.03 bits per heavy atom. The molecule has 0 fully saturated rings. The average molecular weight is 562 g/mol. The van der Waals surface area contributed by atoms with Crippen molar-refractivity contribution in [1.82, 2.24) is 0 Å². The Bertz CT molecular complexity index is 522. The molecule has 0 N–H and O–H groups in total. The molecule has 0 aliphatic heterocycles. The third-order valence-electron chi connectivity index (χ3n) is 8.43. The first-order chi connectivity index (χ1) is 19.3. The van der Waals surface area contributed by atoms with Crippen molar-refractivity contribution in [2.45, 2.75) is 219 Å². The van der Waals surface area contributed by atoms with Crippen molar-refractivity contribution in [1.29, 1.82) is 0 Å². The fourth-order valence-electron chi connectivity index (χ4n) is 5.73. The van der Waals surface area contributed by atoms with Crippen LogP contribution in [0.4, 0.5) is 0 Å². The van der Waals surface area contributed by atoms with Crippen LogP contribution in [0, 0.1) is 0 Å². The number of isothiocyanates is 1. The summed E-state index contributed by atoms with van der Waals surface area (Å²) in [6, 6.07) is 0.432. The van der Waals surface area contributed by atoms with Gasteiger partial charge in [0.2, 0.25) is 0 Å². The van der Waals surface area contributed by atoms with Crippen LogP contribution in [0.25, 0.3) is 0 Å². The van der Waals surface area contributed by atoms with Gasteiger partial charge >= 0.3 is 0 Å². The van der Waals surface area contributed by atoms with Crippen LogP contribution in [0.5, 0.6) is 0 Å². The van der Waals surface area contributed by atoms with Gasteiger partial charge in [-0.05, 0) is 50.7 Å². The van der Waals surface area contributed by atoms with Crippen molar-refractivity contribution >= 4 is 17.4 Å². The molecule has 2 heteroatoms. The molecule has 0 rings (SSSR count). The minimum atomic E-state index is 0.432. The number of rotatable bonds is 33. The highest BCUT2D eigenvalue weighted by Gasteiger charge is 2.06. The van der Waals surface area contributed by atoms with Crippen LogP contribution >= 0.6 is 12.2 Å². The molecule has 0 bridgehead atoms. The summed E-state index contributed by atoms with van der Waals surface area (Å²) in [5, 5.41) is 2.68. The van der Waals surface area contributed by atoms with E-state index in [1.54, 1.807) is 0 Å². The molecule has 0 spiro atoms. The fourth-order valence-corrected chi connectivity index (χ4v) is 5.88. The zero-order valence-corrected chi connectivity index (χ0v) is 27.8. The molecule has 0 saturated heterocycles. The first-order valence-electron chi connectivity index (χ1n) is 18.1. The predicted octanol–water partition coefficient (Wildman–Crippen LogP) is 14.1. The van der Waals surface area contributed by atoms with Gasteiger partial charge in [-0.2, -0.15) is 0 Å². The summed E-state index contributed by atoms with van der Waals surface area (Å²) < 4.78 is 0. The lowest BCUT2D eigenvalue weighted by atomic mass is 10.00. The predicted molar refractivity (Wildman–Crippen MR) is 182 cm³/mol. The normalized spacial score (nSPS) is 12.3. The van der Waals surface area contributed by atoms with E-state index < -0.39 is 0 Å². The van der Waals surface area contributed by atoms with E-state index in [1.165, 1.54) is 199 Å². The summed E-state index contributed by atoms with van der Waals surface area (Å²) in [7, 11) is 0. The quantitative estimate of drug-likeness (QED) is 0.0336. The molecular weight excluding hydrogens is 490 g/mol. The third-order valence-corrected chi connectivity index (χ3v) is 8.53. The van der Waals surface area contributed by atoms with E-state index in [-0.39, 0.29) is 0 Å². The van der Waals surface area contributed by atoms with Crippen LogP contribution in [0.3, 0.4) is 0 Å².